The minimum atomic E-state index is 0.251. The molecule has 1 fully saturated rings. The second-order valence-electron chi connectivity index (χ2n) is 5.30. The number of nitrogens with one attached hydrogen (secondary N) is 1. The zero-order valence-electron chi connectivity index (χ0n) is 12.3. The fraction of sp³-hybridized carbons (Fsp3) is 0.625. The van der Waals surface area contributed by atoms with E-state index in [1.165, 1.54) is 5.56 Å². The van der Waals surface area contributed by atoms with Crippen molar-refractivity contribution in [2.24, 2.45) is 0 Å². The molecule has 1 aromatic rings. The lowest BCUT2D eigenvalue weighted by molar-refractivity contribution is 0.0674. The van der Waals surface area contributed by atoms with Crippen molar-refractivity contribution >= 4 is 15.9 Å². The maximum Gasteiger partial charge on any atom is 0.125 e. The van der Waals surface area contributed by atoms with E-state index in [1.807, 2.05) is 0 Å². The van der Waals surface area contributed by atoms with Crippen LogP contribution in [0.25, 0.3) is 0 Å². The molecular formula is C16H24BrNO2. The smallest absolute Gasteiger partial charge is 0.125 e. The van der Waals surface area contributed by atoms with Crippen LogP contribution in [-0.4, -0.2) is 25.9 Å². The van der Waals surface area contributed by atoms with Crippen molar-refractivity contribution in [1.82, 2.24) is 5.32 Å². The van der Waals surface area contributed by atoms with Gasteiger partial charge in [-0.05, 0) is 44.9 Å². The van der Waals surface area contributed by atoms with Crippen LogP contribution in [0.5, 0.6) is 5.75 Å². The van der Waals surface area contributed by atoms with Crippen LogP contribution in [0.2, 0.25) is 0 Å². The number of rotatable bonds is 7. The summed E-state index contributed by atoms with van der Waals surface area (Å²) in [5.41, 5.74) is 1.21. The molecule has 0 bridgehead atoms. The van der Waals surface area contributed by atoms with Gasteiger partial charge in [-0.2, -0.15) is 0 Å². The predicted molar refractivity (Wildman–Crippen MR) is 85.3 cm³/mol. The fourth-order valence-corrected chi connectivity index (χ4v) is 2.76. The largest absolute Gasteiger partial charge is 0.490 e. The van der Waals surface area contributed by atoms with E-state index in [4.69, 9.17) is 9.47 Å². The first-order valence-electron chi connectivity index (χ1n) is 7.48. The molecule has 4 heteroatoms. The molecule has 2 atom stereocenters. The lowest BCUT2D eigenvalue weighted by Gasteiger charge is -2.20. The highest BCUT2D eigenvalue weighted by Gasteiger charge is 2.18. The van der Waals surface area contributed by atoms with Gasteiger partial charge in [0.15, 0.2) is 0 Å². The van der Waals surface area contributed by atoms with Gasteiger partial charge in [-0.3, -0.25) is 0 Å². The van der Waals surface area contributed by atoms with Crippen molar-refractivity contribution in [3.8, 4) is 5.75 Å². The molecule has 1 aliphatic heterocycles. The standard InChI is InChI=1S/C16H24BrNO2/c1-3-8-18-12(2)15-7-6-13(17)10-16(15)20-11-14-5-4-9-19-14/h6-7,10,12,14,18H,3-5,8-9,11H2,1-2H3. The van der Waals surface area contributed by atoms with E-state index in [9.17, 15) is 0 Å². The Labute approximate surface area is 130 Å². The molecule has 0 radical (unpaired) electrons. The zero-order chi connectivity index (χ0) is 14.4. The number of benzene rings is 1. The van der Waals surface area contributed by atoms with Gasteiger partial charge in [0.2, 0.25) is 0 Å². The molecule has 3 nitrogen and oxygen atoms in total. The van der Waals surface area contributed by atoms with Crippen molar-refractivity contribution in [2.45, 2.75) is 45.3 Å². The summed E-state index contributed by atoms with van der Waals surface area (Å²) >= 11 is 3.52. The first kappa shape index (κ1) is 15.8. The van der Waals surface area contributed by atoms with Gasteiger partial charge in [-0.25, -0.2) is 0 Å². The molecule has 112 valence electrons. The molecular weight excluding hydrogens is 318 g/mol. The average Bonchev–Trinajstić information content (AvgIpc) is 2.96. The van der Waals surface area contributed by atoms with Crippen molar-refractivity contribution in [1.29, 1.82) is 0 Å². The van der Waals surface area contributed by atoms with Gasteiger partial charge in [-0.15, -0.1) is 0 Å². The minimum Gasteiger partial charge on any atom is -0.490 e. The van der Waals surface area contributed by atoms with Crippen LogP contribution in [0.4, 0.5) is 0 Å². The molecule has 1 aromatic carbocycles. The topological polar surface area (TPSA) is 30.5 Å². The van der Waals surface area contributed by atoms with Crippen LogP contribution in [-0.2, 0) is 4.74 Å². The zero-order valence-corrected chi connectivity index (χ0v) is 13.9. The Balaban J connectivity index is 2.02. The minimum absolute atomic E-state index is 0.251. The van der Waals surface area contributed by atoms with Gasteiger partial charge in [0.05, 0.1) is 6.10 Å². The van der Waals surface area contributed by atoms with Crippen molar-refractivity contribution < 1.29 is 9.47 Å². The Hall–Kier alpha value is -0.580. The van der Waals surface area contributed by atoms with Crippen LogP contribution >= 0.6 is 15.9 Å². The van der Waals surface area contributed by atoms with Gasteiger partial charge in [-0.1, -0.05) is 28.9 Å². The highest BCUT2D eigenvalue weighted by atomic mass is 79.9. The Morgan fingerprint density at radius 1 is 1.50 bits per heavy atom. The summed E-state index contributed by atoms with van der Waals surface area (Å²) in [5.74, 6) is 0.950. The third-order valence-corrected chi connectivity index (χ3v) is 4.08. The summed E-state index contributed by atoms with van der Waals surface area (Å²) in [6.07, 6.45) is 3.63. The lowest BCUT2D eigenvalue weighted by Crippen LogP contribution is -2.21. The van der Waals surface area contributed by atoms with Crippen molar-refractivity contribution in [3.05, 3.63) is 28.2 Å². The molecule has 1 aliphatic rings. The summed E-state index contributed by atoms with van der Waals surface area (Å²) in [4.78, 5) is 0. The Morgan fingerprint density at radius 2 is 2.35 bits per heavy atom. The van der Waals surface area contributed by atoms with Crippen LogP contribution in [0.15, 0.2) is 22.7 Å². The number of halogens is 1. The summed E-state index contributed by atoms with van der Waals surface area (Å²) in [7, 11) is 0. The van der Waals surface area contributed by atoms with Gasteiger partial charge in [0, 0.05) is 22.7 Å². The summed E-state index contributed by atoms with van der Waals surface area (Å²) < 4.78 is 12.7. The molecule has 1 saturated heterocycles. The molecule has 0 aromatic heterocycles. The lowest BCUT2D eigenvalue weighted by atomic mass is 10.1. The van der Waals surface area contributed by atoms with Crippen molar-refractivity contribution in [3.63, 3.8) is 0 Å². The molecule has 1 heterocycles. The molecule has 2 unspecified atom stereocenters. The van der Waals surface area contributed by atoms with Crippen LogP contribution < -0.4 is 10.1 Å². The second-order valence-corrected chi connectivity index (χ2v) is 6.22. The summed E-state index contributed by atoms with van der Waals surface area (Å²) in [6, 6.07) is 6.54. The van der Waals surface area contributed by atoms with Gasteiger partial charge in [0.25, 0.3) is 0 Å². The fourth-order valence-electron chi connectivity index (χ4n) is 2.42. The predicted octanol–water partition coefficient (Wildman–Crippen LogP) is 4.07. The second kappa shape index (κ2) is 8.01. The third-order valence-electron chi connectivity index (χ3n) is 3.59. The summed E-state index contributed by atoms with van der Waals surface area (Å²) in [6.45, 7) is 6.88. The molecule has 2 rings (SSSR count). The molecule has 0 spiro atoms. The van der Waals surface area contributed by atoms with E-state index in [-0.39, 0.29) is 6.10 Å². The first-order valence-corrected chi connectivity index (χ1v) is 8.27. The van der Waals surface area contributed by atoms with E-state index in [2.05, 4.69) is 53.3 Å². The Kier molecular flexibility index (Phi) is 6.33. The van der Waals surface area contributed by atoms with E-state index in [0.717, 1.165) is 42.6 Å². The third kappa shape index (κ3) is 4.47. The number of ether oxygens (including phenoxy) is 2. The molecule has 0 amide bonds. The SMILES string of the molecule is CCCNC(C)c1ccc(Br)cc1OCC1CCCO1. The maximum atomic E-state index is 6.01. The molecule has 1 N–H and O–H groups in total. The number of hydrogen-bond donors (Lipinski definition) is 1. The van der Waals surface area contributed by atoms with Crippen LogP contribution in [0, 0.1) is 0 Å². The monoisotopic (exact) mass is 341 g/mol. The first-order chi connectivity index (χ1) is 9.70. The van der Waals surface area contributed by atoms with Gasteiger partial charge >= 0.3 is 0 Å². The van der Waals surface area contributed by atoms with E-state index in [1.54, 1.807) is 0 Å². The van der Waals surface area contributed by atoms with Crippen molar-refractivity contribution in [2.75, 3.05) is 19.8 Å². The Bertz CT molecular complexity index is 419. The van der Waals surface area contributed by atoms with E-state index < -0.39 is 0 Å². The molecule has 20 heavy (non-hydrogen) atoms. The molecule has 0 saturated carbocycles. The summed E-state index contributed by atoms with van der Waals surface area (Å²) in [5, 5.41) is 3.51. The Morgan fingerprint density at radius 3 is 3.05 bits per heavy atom. The van der Waals surface area contributed by atoms with Gasteiger partial charge < -0.3 is 14.8 Å². The highest BCUT2D eigenvalue weighted by Crippen LogP contribution is 2.29. The van der Waals surface area contributed by atoms with E-state index >= 15 is 0 Å². The number of hydrogen-bond acceptors (Lipinski definition) is 3. The highest BCUT2D eigenvalue weighted by molar-refractivity contribution is 9.10. The van der Waals surface area contributed by atoms with Gasteiger partial charge in [0.1, 0.15) is 12.4 Å². The average molecular weight is 342 g/mol. The van der Waals surface area contributed by atoms with Crippen LogP contribution in [0.3, 0.4) is 0 Å². The molecule has 0 aliphatic carbocycles. The van der Waals surface area contributed by atoms with Crippen LogP contribution in [0.1, 0.15) is 44.7 Å². The van der Waals surface area contributed by atoms with E-state index in [0.29, 0.717) is 12.6 Å². The quantitative estimate of drug-likeness (QED) is 0.810. The normalized spacial score (nSPS) is 20.1. The maximum absolute atomic E-state index is 6.01.